The van der Waals surface area contributed by atoms with E-state index in [4.69, 9.17) is 4.74 Å². The number of hydrogen-bond acceptors (Lipinski definition) is 5. The summed E-state index contributed by atoms with van der Waals surface area (Å²) in [5, 5.41) is 6.67. The van der Waals surface area contributed by atoms with E-state index in [1.54, 1.807) is 6.92 Å². The second-order valence-corrected chi connectivity index (χ2v) is 9.59. The molecule has 3 aromatic rings. The molecule has 2 saturated heterocycles. The maximum Gasteiger partial charge on any atom is 0.275 e. The molecule has 6 rings (SSSR count). The lowest BCUT2D eigenvalue weighted by molar-refractivity contribution is 0.0606. The fraction of sp³-hybridized carbons (Fsp3) is 0.480. The molecule has 3 fully saturated rings. The minimum absolute atomic E-state index is 0.00161. The van der Waals surface area contributed by atoms with Gasteiger partial charge in [-0.15, -0.1) is 0 Å². The number of nitrogens with zero attached hydrogens (tertiary/aromatic N) is 3. The predicted octanol–water partition coefficient (Wildman–Crippen LogP) is 3.55. The van der Waals surface area contributed by atoms with Crippen molar-refractivity contribution in [2.75, 3.05) is 11.9 Å². The third-order valence-electron chi connectivity index (χ3n) is 7.29. The largest absolute Gasteiger partial charge is 0.357 e. The molecule has 2 aliphatic heterocycles. The summed E-state index contributed by atoms with van der Waals surface area (Å²) in [4.78, 5) is 33.0. The van der Waals surface area contributed by atoms with E-state index in [-0.39, 0.29) is 29.8 Å². The van der Waals surface area contributed by atoms with Crippen LogP contribution in [0.2, 0.25) is 0 Å². The Hall–Kier alpha value is -3.13. The van der Waals surface area contributed by atoms with Crippen molar-refractivity contribution in [3.8, 4) is 0 Å². The third-order valence-corrected chi connectivity index (χ3v) is 7.29. The molecule has 8 nitrogen and oxygen atoms in total. The highest BCUT2D eigenvalue weighted by molar-refractivity contribution is 6.00. The Morgan fingerprint density at radius 2 is 2.00 bits per heavy atom. The first-order chi connectivity index (χ1) is 16.0. The molecule has 4 heterocycles. The number of H-pyrrole nitrogens is 1. The molecular weight excluding hydrogens is 418 g/mol. The number of para-hydroxylation sites is 1. The van der Waals surface area contributed by atoms with E-state index in [1.165, 1.54) is 17.4 Å². The molecule has 33 heavy (non-hydrogen) atoms. The van der Waals surface area contributed by atoms with Crippen LogP contribution in [0.25, 0.3) is 5.65 Å². The van der Waals surface area contributed by atoms with E-state index < -0.39 is 0 Å². The number of hydrogen-bond donors (Lipinski definition) is 2. The van der Waals surface area contributed by atoms with Crippen molar-refractivity contribution in [3.63, 3.8) is 0 Å². The average molecular weight is 448 g/mol. The van der Waals surface area contributed by atoms with Gasteiger partial charge in [-0.3, -0.25) is 14.7 Å². The summed E-state index contributed by atoms with van der Waals surface area (Å²) in [6, 6.07) is 9.47. The summed E-state index contributed by atoms with van der Waals surface area (Å²) < 4.78 is 7.29. The summed E-state index contributed by atoms with van der Waals surface area (Å²) in [6.07, 6.45) is 5.59. The highest BCUT2D eigenvalue weighted by Gasteiger charge is 2.49. The molecule has 1 aliphatic carbocycles. The minimum atomic E-state index is -0.127. The second-order valence-electron chi connectivity index (χ2n) is 9.59. The average Bonchev–Trinajstić information content (AvgIpc) is 3.75. The van der Waals surface area contributed by atoms with Crippen LogP contribution >= 0.6 is 0 Å². The summed E-state index contributed by atoms with van der Waals surface area (Å²) in [5.41, 5.74) is 4.19. The molecule has 0 radical (unpaired) electrons. The lowest BCUT2D eigenvalue weighted by Crippen LogP contribution is -2.39. The van der Waals surface area contributed by atoms with Gasteiger partial charge in [0, 0.05) is 29.6 Å². The standard InChI is InChI=1S/C25H29N5O3/c1-14-15(2)26-21-13-19(28-30(21)24(14)31)20-9-5-6-12-29(20)25(32)17-7-3-4-8-18(17)27-23-22(33-23)16-10-11-16/h3-4,7-8,13,16,20,22-23,27-28H,5-6,9-12H2,1-2H3/t20-,22?,23?/m0/s1. The number of carbonyl (C=O) groups excluding carboxylic acids is 1. The zero-order chi connectivity index (χ0) is 22.7. The SMILES string of the molecule is Cc1nc2cc([C@@H]3CCCCN3C(=O)c3ccccc3NC3OC3C3CC3)[nH]n2c(=O)c1C. The fourth-order valence-corrected chi connectivity index (χ4v) is 5.03. The summed E-state index contributed by atoms with van der Waals surface area (Å²) in [7, 11) is 0. The van der Waals surface area contributed by atoms with Gasteiger partial charge < -0.3 is 15.0 Å². The van der Waals surface area contributed by atoms with Crippen molar-refractivity contribution in [3.05, 3.63) is 63.2 Å². The maximum atomic E-state index is 13.8. The van der Waals surface area contributed by atoms with Gasteiger partial charge in [0.2, 0.25) is 0 Å². The number of nitrogens with one attached hydrogen (secondary N) is 2. The number of piperidine rings is 1. The number of benzene rings is 1. The number of carbonyl (C=O) groups is 1. The van der Waals surface area contributed by atoms with Crippen LogP contribution in [-0.4, -0.2) is 44.3 Å². The van der Waals surface area contributed by atoms with Gasteiger partial charge >= 0.3 is 0 Å². The molecule has 3 atom stereocenters. The summed E-state index contributed by atoms with van der Waals surface area (Å²) in [6.45, 7) is 4.31. The van der Waals surface area contributed by atoms with E-state index in [1.807, 2.05) is 42.2 Å². The first-order valence-electron chi connectivity index (χ1n) is 11.9. The van der Waals surface area contributed by atoms with Crippen LogP contribution in [0.1, 0.15) is 65.5 Å². The normalized spacial score (nSPS) is 24.8. The Balaban J connectivity index is 1.30. The van der Waals surface area contributed by atoms with E-state index >= 15 is 0 Å². The summed E-state index contributed by atoms with van der Waals surface area (Å²) in [5.74, 6) is 0.667. The van der Waals surface area contributed by atoms with E-state index in [0.717, 1.165) is 36.3 Å². The van der Waals surface area contributed by atoms with Crippen molar-refractivity contribution in [1.29, 1.82) is 0 Å². The Kier molecular flexibility index (Phi) is 4.79. The molecule has 0 spiro atoms. The Morgan fingerprint density at radius 1 is 1.18 bits per heavy atom. The Bertz CT molecular complexity index is 1290. The van der Waals surface area contributed by atoms with Gasteiger partial charge in [-0.05, 0) is 64.0 Å². The number of amides is 1. The van der Waals surface area contributed by atoms with Gasteiger partial charge in [0.05, 0.1) is 17.3 Å². The minimum Gasteiger partial charge on any atom is -0.357 e. The number of likely N-dealkylation sites (tertiary alicyclic amines) is 1. The molecule has 2 aromatic heterocycles. The van der Waals surface area contributed by atoms with Crippen LogP contribution in [0, 0.1) is 19.8 Å². The number of rotatable bonds is 5. The van der Waals surface area contributed by atoms with Gasteiger partial charge in [-0.2, -0.15) is 0 Å². The van der Waals surface area contributed by atoms with E-state index in [9.17, 15) is 9.59 Å². The number of aromatic amines is 1. The molecule has 3 aliphatic rings. The molecule has 2 unspecified atom stereocenters. The molecule has 2 N–H and O–H groups in total. The van der Waals surface area contributed by atoms with Crippen molar-refractivity contribution < 1.29 is 9.53 Å². The maximum absolute atomic E-state index is 13.8. The second kappa shape index (κ2) is 7.73. The number of anilines is 1. The number of epoxide rings is 1. The van der Waals surface area contributed by atoms with Gasteiger partial charge in [0.25, 0.3) is 11.5 Å². The molecule has 1 amide bonds. The third kappa shape index (κ3) is 3.62. The highest BCUT2D eigenvalue weighted by Crippen LogP contribution is 2.44. The van der Waals surface area contributed by atoms with Gasteiger partial charge in [-0.1, -0.05) is 12.1 Å². The Labute approximate surface area is 191 Å². The fourth-order valence-electron chi connectivity index (χ4n) is 5.03. The molecule has 0 bridgehead atoms. The molecule has 1 saturated carbocycles. The molecule has 172 valence electrons. The van der Waals surface area contributed by atoms with Gasteiger partial charge in [0.15, 0.2) is 11.9 Å². The lowest BCUT2D eigenvalue weighted by atomic mass is 9.98. The number of aromatic nitrogens is 3. The molecule has 1 aromatic carbocycles. The summed E-state index contributed by atoms with van der Waals surface area (Å²) >= 11 is 0. The van der Waals surface area contributed by atoms with Crippen LogP contribution in [0.5, 0.6) is 0 Å². The first-order valence-corrected chi connectivity index (χ1v) is 11.9. The van der Waals surface area contributed by atoms with E-state index in [0.29, 0.717) is 29.2 Å². The Morgan fingerprint density at radius 3 is 2.82 bits per heavy atom. The highest BCUT2D eigenvalue weighted by atomic mass is 16.6. The zero-order valence-electron chi connectivity index (χ0n) is 19.0. The van der Waals surface area contributed by atoms with Crippen molar-refractivity contribution in [2.24, 2.45) is 5.92 Å². The van der Waals surface area contributed by atoms with Crippen LogP contribution in [0.4, 0.5) is 5.69 Å². The van der Waals surface area contributed by atoms with Gasteiger partial charge in [-0.25, -0.2) is 9.50 Å². The number of ether oxygens (including phenoxy) is 1. The van der Waals surface area contributed by atoms with Crippen LogP contribution < -0.4 is 10.9 Å². The quantitative estimate of drug-likeness (QED) is 0.583. The number of aryl methyl sites for hydroxylation is 1. The smallest absolute Gasteiger partial charge is 0.275 e. The predicted molar refractivity (Wildman–Crippen MR) is 124 cm³/mol. The molecule has 8 heteroatoms. The van der Waals surface area contributed by atoms with Crippen LogP contribution in [-0.2, 0) is 4.74 Å². The monoisotopic (exact) mass is 447 g/mol. The van der Waals surface area contributed by atoms with Crippen LogP contribution in [0.3, 0.4) is 0 Å². The number of fused-ring (bicyclic) bond motifs is 1. The zero-order valence-corrected chi connectivity index (χ0v) is 19.0. The van der Waals surface area contributed by atoms with Crippen molar-refractivity contribution >= 4 is 17.2 Å². The molecular formula is C25H29N5O3. The first kappa shape index (κ1) is 20.5. The van der Waals surface area contributed by atoms with Crippen molar-refractivity contribution in [2.45, 2.75) is 64.3 Å². The van der Waals surface area contributed by atoms with Crippen molar-refractivity contribution in [1.82, 2.24) is 19.5 Å². The lowest BCUT2D eigenvalue weighted by Gasteiger charge is -2.35. The topological polar surface area (TPSA) is 95.0 Å². The van der Waals surface area contributed by atoms with Crippen LogP contribution in [0.15, 0.2) is 35.1 Å². The van der Waals surface area contributed by atoms with Gasteiger partial charge in [0.1, 0.15) is 6.10 Å². The van der Waals surface area contributed by atoms with E-state index in [2.05, 4.69) is 15.4 Å².